The highest BCUT2D eigenvalue weighted by Gasteiger charge is 2.27. The van der Waals surface area contributed by atoms with Crippen LogP contribution in [0, 0.1) is 0 Å². The summed E-state index contributed by atoms with van der Waals surface area (Å²) < 4.78 is 5.80. The fourth-order valence-corrected chi connectivity index (χ4v) is 3.10. The van der Waals surface area contributed by atoms with Gasteiger partial charge in [0.2, 0.25) is 11.8 Å². The zero-order chi connectivity index (χ0) is 15.2. The Bertz CT molecular complexity index is 609. The van der Waals surface area contributed by atoms with Crippen LogP contribution >= 0.6 is 11.8 Å². The van der Waals surface area contributed by atoms with Crippen LogP contribution in [0.4, 0.5) is 0 Å². The minimum absolute atomic E-state index is 0.0322. The minimum atomic E-state index is 0.0322. The molecule has 2 aromatic rings. The summed E-state index contributed by atoms with van der Waals surface area (Å²) in [6.07, 6.45) is 6.06. The maximum absolute atomic E-state index is 12.2. The van der Waals surface area contributed by atoms with Crippen molar-refractivity contribution in [2.24, 2.45) is 0 Å². The van der Waals surface area contributed by atoms with E-state index in [-0.39, 0.29) is 12.0 Å². The number of ether oxygens (including phenoxy) is 1. The first-order chi connectivity index (χ1) is 10.8. The van der Waals surface area contributed by atoms with Crippen molar-refractivity contribution in [2.45, 2.75) is 17.4 Å². The quantitative estimate of drug-likeness (QED) is 0.792. The molecule has 6 heteroatoms. The van der Waals surface area contributed by atoms with Crippen LogP contribution in [0.5, 0.6) is 5.88 Å². The fourth-order valence-electron chi connectivity index (χ4n) is 2.31. The number of carbonyl (C=O) groups is 1. The molecule has 0 N–H and O–H groups in total. The van der Waals surface area contributed by atoms with Gasteiger partial charge in [-0.1, -0.05) is 6.07 Å². The maximum Gasteiger partial charge on any atom is 0.233 e. The second kappa shape index (κ2) is 7.26. The number of hydrogen-bond acceptors (Lipinski definition) is 5. The zero-order valence-electron chi connectivity index (χ0n) is 12.1. The molecule has 1 saturated heterocycles. The summed E-state index contributed by atoms with van der Waals surface area (Å²) >= 11 is 1.54. The Labute approximate surface area is 133 Å². The smallest absolute Gasteiger partial charge is 0.233 e. The van der Waals surface area contributed by atoms with Gasteiger partial charge in [-0.2, -0.15) is 0 Å². The van der Waals surface area contributed by atoms with Gasteiger partial charge in [-0.05, 0) is 18.2 Å². The summed E-state index contributed by atoms with van der Waals surface area (Å²) in [5, 5.41) is 0. The number of amides is 1. The molecule has 1 atom stereocenters. The first-order valence-corrected chi connectivity index (χ1v) is 8.18. The van der Waals surface area contributed by atoms with Crippen LogP contribution in [0.3, 0.4) is 0 Å². The van der Waals surface area contributed by atoms with Crippen molar-refractivity contribution in [1.82, 2.24) is 14.9 Å². The SMILES string of the molecule is O=C(CSc1ccncc1)N1CCC(Oc2ccccn2)C1. The molecule has 1 unspecified atom stereocenters. The number of aromatic nitrogens is 2. The average Bonchev–Trinajstić information content (AvgIpc) is 3.03. The molecule has 0 bridgehead atoms. The molecule has 0 aromatic carbocycles. The first-order valence-electron chi connectivity index (χ1n) is 7.19. The molecule has 0 spiro atoms. The van der Waals surface area contributed by atoms with E-state index in [1.165, 1.54) is 11.8 Å². The summed E-state index contributed by atoms with van der Waals surface area (Å²) in [5.41, 5.74) is 0. The fraction of sp³-hybridized carbons (Fsp3) is 0.312. The number of rotatable bonds is 5. The van der Waals surface area contributed by atoms with Gasteiger partial charge in [0.05, 0.1) is 12.3 Å². The Morgan fingerprint density at radius 3 is 2.91 bits per heavy atom. The van der Waals surface area contributed by atoms with Crippen molar-refractivity contribution in [2.75, 3.05) is 18.8 Å². The van der Waals surface area contributed by atoms with Crippen LogP contribution in [0.1, 0.15) is 6.42 Å². The van der Waals surface area contributed by atoms with Gasteiger partial charge < -0.3 is 9.64 Å². The topological polar surface area (TPSA) is 55.3 Å². The Hall–Kier alpha value is -2.08. The van der Waals surface area contributed by atoms with Crippen LogP contribution in [0.2, 0.25) is 0 Å². The summed E-state index contributed by atoms with van der Waals surface area (Å²) in [6, 6.07) is 9.41. The second-order valence-electron chi connectivity index (χ2n) is 5.01. The Kier molecular flexibility index (Phi) is 4.90. The Morgan fingerprint density at radius 2 is 2.14 bits per heavy atom. The monoisotopic (exact) mass is 315 g/mol. The number of likely N-dealkylation sites (tertiary alicyclic amines) is 1. The molecule has 3 heterocycles. The lowest BCUT2D eigenvalue weighted by Gasteiger charge is -2.16. The predicted octanol–water partition coefficient (Wildman–Crippen LogP) is 2.25. The Balaban J connectivity index is 1.46. The Morgan fingerprint density at radius 1 is 1.27 bits per heavy atom. The van der Waals surface area contributed by atoms with Crippen LogP contribution in [0.15, 0.2) is 53.8 Å². The molecule has 1 fully saturated rings. The third-order valence-electron chi connectivity index (χ3n) is 3.43. The van der Waals surface area contributed by atoms with E-state index in [1.54, 1.807) is 18.6 Å². The molecule has 2 aromatic heterocycles. The van der Waals surface area contributed by atoms with Crippen molar-refractivity contribution < 1.29 is 9.53 Å². The number of thioether (sulfide) groups is 1. The molecule has 1 aliphatic rings. The zero-order valence-corrected chi connectivity index (χ0v) is 12.9. The maximum atomic E-state index is 12.2. The van der Waals surface area contributed by atoms with Gasteiger partial charge in [0.25, 0.3) is 0 Å². The van der Waals surface area contributed by atoms with E-state index in [4.69, 9.17) is 4.74 Å². The van der Waals surface area contributed by atoms with Gasteiger partial charge in [0.1, 0.15) is 6.10 Å². The predicted molar refractivity (Wildman–Crippen MR) is 84.8 cm³/mol. The van der Waals surface area contributed by atoms with Gasteiger partial charge in [-0.3, -0.25) is 9.78 Å². The van der Waals surface area contributed by atoms with Gasteiger partial charge in [-0.15, -0.1) is 11.8 Å². The van der Waals surface area contributed by atoms with E-state index in [2.05, 4.69) is 9.97 Å². The molecule has 5 nitrogen and oxygen atoms in total. The van der Waals surface area contributed by atoms with E-state index >= 15 is 0 Å². The summed E-state index contributed by atoms with van der Waals surface area (Å²) in [7, 11) is 0. The number of nitrogens with zero attached hydrogens (tertiary/aromatic N) is 3. The largest absolute Gasteiger partial charge is 0.472 e. The van der Waals surface area contributed by atoms with E-state index in [1.807, 2.05) is 35.2 Å². The third kappa shape index (κ3) is 3.98. The lowest BCUT2D eigenvalue weighted by molar-refractivity contribution is -0.127. The molecule has 0 saturated carbocycles. The van der Waals surface area contributed by atoms with Gasteiger partial charge in [0, 0.05) is 42.5 Å². The molecule has 1 amide bonds. The van der Waals surface area contributed by atoms with Crippen molar-refractivity contribution in [3.8, 4) is 5.88 Å². The van der Waals surface area contributed by atoms with Gasteiger partial charge >= 0.3 is 0 Å². The first kappa shape index (κ1) is 14.8. The van der Waals surface area contributed by atoms with Gasteiger partial charge in [0.15, 0.2) is 0 Å². The summed E-state index contributed by atoms with van der Waals surface area (Å²) in [4.78, 5) is 23.3. The highest BCUT2D eigenvalue weighted by molar-refractivity contribution is 8.00. The van der Waals surface area contributed by atoms with Crippen LogP contribution < -0.4 is 4.74 Å². The van der Waals surface area contributed by atoms with Crippen LogP contribution in [0.25, 0.3) is 0 Å². The average molecular weight is 315 g/mol. The molecule has 1 aliphatic heterocycles. The van der Waals surface area contributed by atoms with E-state index < -0.39 is 0 Å². The standard InChI is InChI=1S/C16H17N3O2S/c20-16(12-22-14-4-8-17-9-5-14)19-10-6-13(11-19)21-15-3-1-2-7-18-15/h1-5,7-9,13H,6,10-12H2. The lowest BCUT2D eigenvalue weighted by Crippen LogP contribution is -2.32. The second-order valence-corrected chi connectivity index (χ2v) is 6.06. The summed E-state index contributed by atoms with van der Waals surface area (Å²) in [6.45, 7) is 1.37. The third-order valence-corrected chi connectivity index (χ3v) is 4.43. The molecule has 3 rings (SSSR count). The highest BCUT2D eigenvalue weighted by atomic mass is 32.2. The number of carbonyl (C=O) groups excluding carboxylic acids is 1. The normalized spacial score (nSPS) is 17.5. The molecule has 22 heavy (non-hydrogen) atoms. The lowest BCUT2D eigenvalue weighted by atomic mass is 10.3. The van der Waals surface area contributed by atoms with E-state index in [0.717, 1.165) is 17.9 Å². The number of pyridine rings is 2. The number of hydrogen-bond donors (Lipinski definition) is 0. The molecular weight excluding hydrogens is 298 g/mol. The van der Waals surface area contributed by atoms with E-state index in [9.17, 15) is 4.79 Å². The van der Waals surface area contributed by atoms with Crippen LogP contribution in [-0.4, -0.2) is 45.7 Å². The van der Waals surface area contributed by atoms with Crippen molar-refractivity contribution in [3.05, 3.63) is 48.9 Å². The van der Waals surface area contributed by atoms with Crippen LogP contribution in [-0.2, 0) is 4.79 Å². The molecule has 0 radical (unpaired) electrons. The minimum Gasteiger partial charge on any atom is -0.472 e. The molecule has 0 aliphatic carbocycles. The van der Waals surface area contributed by atoms with E-state index in [0.29, 0.717) is 18.2 Å². The van der Waals surface area contributed by atoms with Crippen molar-refractivity contribution in [1.29, 1.82) is 0 Å². The molecular formula is C16H17N3O2S. The highest BCUT2D eigenvalue weighted by Crippen LogP contribution is 2.20. The summed E-state index contributed by atoms with van der Waals surface area (Å²) in [5.74, 6) is 1.21. The molecule has 114 valence electrons. The van der Waals surface area contributed by atoms with Gasteiger partial charge in [-0.25, -0.2) is 4.98 Å². The van der Waals surface area contributed by atoms with Crippen molar-refractivity contribution >= 4 is 17.7 Å². The van der Waals surface area contributed by atoms with Crippen molar-refractivity contribution in [3.63, 3.8) is 0 Å².